The molecule has 0 aliphatic carbocycles. The first-order valence-electron chi connectivity index (χ1n) is 9.57. The number of hydrogen-bond acceptors (Lipinski definition) is 5. The fourth-order valence-electron chi connectivity index (χ4n) is 3.10. The second-order valence-electron chi connectivity index (χ2n) is 7.09. The number of carbonyl (C=O) groups is 1. The van der Waals surface area contributed by atoms with Crippen molar-refractivity contribution in [3.8, 4) is 11.5 Å². The molecule has 0 radical (unpaired) electrons. The maximum absolute atomic E-state index is 13.0. The van der Waals surface area contributed by atoms with Crippen molar-refractivity contribution in [3.63, 3.8) is 0 Å². The zero-order chi connectivity index (χ0) is 23.5. The molecule has 1 amide bonds. The molecule has 168 valence electrons. The van der Waals surface area contributed by atoms with Gasteiger partial charge in [0.15, 0.2) is 11.5 Å². The molecular weight excluding hydrogens is 452 g/mol. The lowest BCUT2D eigenvalue weighted by Crippen LogP contribution is -2.17. The Morgan fingerprint density at radius 2 is 1.62 bits per heavy atom. The molecule has 0 aromatic heterocycles. The normalized spacial score (nSPS) is 11.0. The molecule has 3 aromatic rings. The predicted molar refractivity (Wildman–Crippen MR) is 126 cm³/mol. The van der Waals surface area contributed by atoms with Gasteiger partial charge in [-0.05, 0) is 55.8 Å². The number of ether oxygens (including phenoxy) is 2. The highest BCUT2D eigenvalue weighted by Crippen LogP contribution is 2.31. The van der Waals surface area contributed by atoms with Crippen LogP contribution < -0.4 is 19.5 Å². The Kier molecular flexibility index (Phi) is 6.96. The second kappa shape index (κ2) is 9.50. The van der Waals surface area contributed by atoms with E-state index in [1.54, 1.807) is 37.3 Å². The van der Waals surface area contributed by atoms with Crippen molar-refractivity contribution in [2.75, 3.05) is 24.3 Å². The molecule has 3 rings (SSSR count). The minimum atomic E-state index is -4.03. The fraction of sp³-hybridized carbons (Fsp3) is 0.174. The molecular formula is C23H23ClN2O5S. The molecule has 0 heterocycles. The smallest absolute Gasteiger partial charge is 0.263 e. The maximum atomic E-state index is 13.0. The van der Waals surface area contributed by atoms with E-state index in [4.69, 9.17) is 21.1 Å². The summed E-state index contributed by atoms with van der Waals surface area (Å²) in [6.45, 7) is 3.72. The summed E-state index contributed by atoms with van der Waals surface area (Å²) in [5.41, 5.74) is 2.81. The standard InChI is InChI=1S/C23H23ClN2O5S/c1-14-5-9-19(15(2)11-14)26-32(28,29)22-12-16(6-8-18(22)24)23(27)25-17-7-10-20(30-3)21(13-17)31-4/h5-13,26H,1-4H3,(H,25,27). The van der Waals surface area contributed by atoms with Crippen molar-refractivity contribution in [3.05, 3.63) is 76.3 Å². The summed E-state index contributed by atoms with van der Waals surface area (Å²) in [5.74, 6) is 0.460. The Morgan fingerprint density at radius 3 is 2.28 bits per heavy atom. The molecule has 0 saturated heterocycles. The lowest BCUT2D eigenvalue weighted by atomic mass is 10.1. The van der Waals surface area contributed by atoms with E-state index in [1.807, 2.05) is 13.0 Å². The van der Waals surface area contributed by atoms with Crippen LogP contribution in [0.5, 0.6) is 11.5 Å². The highest BCUT2D eigenvalue weighted by Gasteiger charge is 2.21. The van der Waals surface area contributed by atoms with Gasteiger partial charge < -0.3 is 14.8 Å². The quantitative estimate of drug-likeness (QED) is 0.501. The summed E-state index contributed by atoms with van der Waals surface area (Å²) >= 11 is 6.17. The van der Waals surface area contributed by atoms with Crippen LogP contribution in [0.1, 0.15) is 21.5 Å². The highest BCUT2D eigenvalue weighted by molar-refractivity contribution is 7.92. The number of nitrogens with one attached hydrogen (secondary N) is 2. The van der Waals surface area contributed by atoms with Gasteiger partial charge in [0.25, 0.3) is 15.9 Å². The van der Waals surface area contributed by atoms with Gasteiger partial charge in [0.2, 0.25) is 0 Å². The zero-order valence-corrected chi connectivity index (χ0v) is 19.6. The van der Waals surface area contributed by atoms with E-state index < -0.39 is 15.9 Å². The van der Waals surface area contributed by atoms with E-state index >= 15 is 0 Å². The van der Waals surface area contributed by atoms with Crippen LogP contribution >= 0.6 is 11.6 Å². The second-order valence-corrected chi connectivity index (χ2v) is 9.15. The van der Waals surface area contributed by atoms with E-state index in [0.29, 0.717) is 22.9 Å². The molecule has 0 aliphatic heterocycles. The van der Waals surface area contributed by atoms with Crippen LogP contribution in [0, 0.1) is 13.8 Å². The van der Waals surface area contributed by atoms with Crippen LogP contribution in [0.3, 0.4) is 0 Å². The summed E-state index contributed by atoms with van der Waals surface area (Å²) < 4.78 is 38.9. The Morgan fingerprint density at radius 1 is 0.906 bits per heavy atom. The topological polar surface area (TPSA) is 93.7 Å². The van der Waals surface area contributed by atoms with Crippen LogP contribution in [0.2, 0.25) is 5.02 Å². The molecule has 0 atom stereocenters. The lowest BCUT2D eigenvalue weighted by Gasteiger charge is -2.14. The average Bonchev–Trinajstić information content (AvgIpc) is 2.75. The third-order valence-electron chi connectivity index (χ3n) is 4.75. The summed E-state index contributed by atoms with van der Waals surface area (Å²) in [4.78, 5) is 12.6. The number of hydrogen-bond donors (Lipinski definition) is 2. The predicted octanol–water partition coefficient (Wildman–Crippen LogP) is 5.03. The van der Waals surface area contributed by atoms with Crippen LogP contribution in [-0.2, 0) is 10.0 Å². The first-order valence-corrected chi connectivity index (χ1v) is 11.4. The van der Waals surface area contributed by atoms with Gasteiger partial charge in [0.1, 0.15) is 4.90 Å². The number of benzene rings is 3. The first kappa shape index (κ1) is 23.4. The summed E-state index contributed by atoms with van der Waals surface area (Å²) in [7, 11) is -1.03. The summed E-state index contributed by atoms with van der Waals surface area (Å²) in [6, 6.07) is 14.3. The highest BCUT2D eigenvalue weighted by atomic mass is 35.5. The molecule has 7 nitrogen and oxygen atoms in total. The van der Waals surface area contributed by atoms with Crippen LogP contribution in [0.15, 0.2) is 59.5 Å². The maximum Gasteiger partial charge on any atom is 0.263 e. The van der Waals surface area contributed by atoms with Gasteiger partial charge in [-0.2, -0.15) is 0 Å². The van der Waals surface area contributed by atoms with E-state index in [9.17, 15) is 13.2 Å². The largest absolute Gasteiger partial charge is 0.493 e. The number of aryl methyl sites for hydroxylation is 2. The Balaban J connectivity index is 1.88. The van der Waals surface area contributed by atoms with Crippen molar-refractivity contribution in [1.29, 1.82) is 0 Å². The molecule has 0 spiro atoms. The lowest BCUT2D eigenvalue weighted by molar-refractivity contribution is 0.102. The molecule has 0 saturated carbocycles. The Bertz CT molecular complexity index is 1280. The minimum absolute atomic E-state index is 0.00457. The molecule has 3 aromatic carbocycles. The van der Waals surface area contributed by atoms with Gasteiger partial charge in [-0.3, -0.25) is 9.52 Å². The number of anilines is 2. The van der Waals surface area contributed by atoms with E-state index in [0.717, 1.165) is 11.1 Å². The molecule has 0 bridgehead atoms. The summed E-state index contributed by atoms with van der Waals surface area (Å²) in [5, 5.41) is 2.72. The van der Waals surface area contributed by atoms with Crippen molar-refractivity contribution in [2.45, 2.75) is 18.7 Å². The third kappa shape index (κ3) is 5.15. The number of methoxy groups -OCH3 is 2. The Hall–Kier alpha value is -3.23. The van der Waals surface area contributed by atoms with Gasteiger partial charge in [-0.25, -0.2) is 8.42 Å². The first-order chi connectivity index (χ1) is 15.1. The molecule has 0 unspecified atom stereocenters. The third-order valence-corrected chi connectivity index (χ3v) is 6.60. The zero-order valence-electron chi connectivity index (χ0n) is 18.0. The van der Waals surface area contributed by atoms with Crippen LogP contribution in [0.25, 0.3) is 0 Å². The van der Waals surface area contributed by atoms with Crippen LogP contribution in [0.4, 0.5) is 11.4 Å². The van der Waals surface area contributed by atoms with E-state index in [2.05, 4.69) is 10.0 Å². The van der Waals surface area contributed by atoms with Gasteiger partial charge in [-0.15, -0.1) is 0 Å². The molecule has 32 heavy (non-hydrogen) atoms. The van der Waals surface area contributed by atoms with Crippen molar-refractivity contribution in [2.24, 2.45) is 0 Å². The van der Waals surface area contributed by atoms with Gasteiger partial charge in [0.05, 0.1) is 24.9 Å². The fourth-order valence-corrected chi connectivity index (χ4v) is 4.75. The average molecular weight is 475 g/mol. The molecule has 9 heteroatoms. The van der Waals surface area contributed by atoms with Gasteiger partial charge >= 0.3 is 0 Å². The van der Waals surface area contributed by atoms with Crippen molar-refractivity contribution >= 4 is 38.9 Å². The SMILES string of the molecule is COc1ccc(NC(=O)c2ccc(Cl)c(S(=O)(=O)Nc3ccc(C)cc3C)c2)cc1OC. The van der Waals surface area contributed by atoms with Crippen molar-refractivity contribution in [1.82, 2.24) is 0 Å². The van der Waals surface area contributed by atoms with Gasteiger partial charge in [0, 0.05) is 17.3 Å². The molecule has 0 aliphatic rings. The van der Waals surface area contributed by atoms with Crippen molar-refractivity contribution < 1.29 is 22.7 Å². The number of rotatable bonds is 7. The van der Waals surface area contributed by atoms with Gasteiger partial charge in [-0.1, -0.05) is 29.3 Å². The monoisotopic (exact) mass is 474 g/mol. The number of amides is 1. The number of halogens is 1. The minimum Gasteiger partial charge on any atom is -0.493 e. The Labute approximate surface area is 192 Å². The van der Waals surface area contributed by atoms with E-state index in [1.165, 1.54) is 32.4 Å². The number of carbonyl (C=O) groups excluding carboxylic acids is 1. The van der Waals surface area contributed by atoms with Crippen LogP contribution in [-0.4, -0.2) is 28.5 Å². The molecule has 0 fully saturated rings. The van der Waals surface area contributed by atoms with E-state index in [-0.39, 0.29) is 15.5 Å². The summed E-state index contributed by atoms with van der Waals surface area (Å²) in [6.07, 6.45) is 0. The molecule has 2 N–H and O–H groups in total. The number of sulfonamides is 1.